The van der Waals surface area contributed by atoms with Crippen LogP contribution in [0.5, 0.6) is 5.75 Å². The number of nitrogens with two attached hydrogens (primary N) is 3. The standard InChI is InChI=1S/C22H28N8O6/c23-6-1-7-35-12-4-2-11(3-5-12)8-13(24)20(32)29-14-16(31)21(36-17(14)22(33)34)30-10-28-15-18(25)26-9-27-19(15)30/h2-5,9-10,13-14,16-17,21,31H,1,6-8,23-24H2,(H,29,32)(H,33,34)(H2,25,26,27)/t13-,14-,16+,17-,21+/m0/s1. The van der Waals surface area contributed by atoms with E-state index in [2.05, 4.69) is 20.3 Å². The maximum Gasteiger partial charge on any atom is 0.335 e. The summed E-state index contributed by atoms with van der Waals surface area (Å²) in [5.41, 5.74) is 18.6. The second kappa shape index (κ2) is 10.8. The SMILES string of the molecule is NCCCOc1ccc(C[C@H](N)C(=O)N[C@H]2[C@@H](O)[C@H](n3cnc4c(N)ncnc43)O[C@@H]2C(=O)O)cc1. The molecule has 9 N–H and O–H groups in total. The summed E-state index contributed by atoms with van der Waals surface area (Å²) >= 11 is 0. The van der Waals surface area contributed by atoms with Crippen molar-refractivity contribution in [3.8, 4) is 5.75 Å². The molecule has 0 radical (unpaired) electrons. The molecule has 0 aliphatic carbocycles. The molecule has 2 aromatic heterocycles. The molecule has 1 aliphatic rings. The number of carboxylic acid groups (broad SMARTS) is 1. The summed E-state index contributed by atoms with van der Waals surface area (Å²) < 4.78 is 12.5. The largest absolute Gasteiger partial charge is 0.494 e. The molecule has 14 heteroatoms. The number of aliphatic carboxylic acids is 1. The second-order valence-electron chi connectivity index (χ2n) is 8.34. The average molecular weight is 501 g/mol. The number of benzene rings is 1. The van der Waals surface area contributed by atoms with Gasteiger partial charge in [-0.25, -0.2) is 19.7 Å². The molecular weight excluding hydrogens is 472 g/mol. The van der Waals surface area contributed by atoms with E-state index < -0.39 is 42.4 Å². The molecule has 192 valence electrons. The van der Waals surface area contributed by atoms with Crippen LogP contribution in [-0.2, 0) is 20.7 Å². The van der Waals surface area contributed by atoms with Gasteiger partial charge < -0.3 is 42.2 Å². The van der Waals surface area contributed by atoms with Gasteiger partial charge in [0, 0.05) is 0 Å². The number of hydrogen-bond donors (Lipinski definition) is 6. The monoisotopic (exact) mass is 500 g/mol. The van der Waals surface area contributed by atoms with E-state index in [1.807, 2.05) is 0 Å². The van der Waals surface area contributed by atoms with Gasteiger partial charge in [-0.15, -0.1) is 0 Å². The quantitative estimate of drug-likeness (QED) is 0.175. The van der Waals surface area contributed by atoms with E-state index in [0.717, 1.165) is 12.0 Å². The van der Waals surface area contributed by atoms with Crippen molar-refractivity contribution in [1.82, 2.24) is 24.8 Å². The van der Waals surface area contributed by atoms with Crippen molar-refractivity contribution in [2.24, 2.45) is 11.5 Å². The van der Waals surface area contributed by atoms with Crippen LogP contribution in [0.3, 0.4) is 0 Å². The topological polar surface area (TPSA) is 227 Å². The first-order valence-electron chi connectivity index (χ1n) is 11.3. The Kier molecular flexibility index (Phi) is 7.59. The number of nitrogens with zero attached hydrogens (tertiary/aromatic N) is 4. The Morgan fingerprint density at radius 1 is 1.22 bits per heavy atom. The van der Waals surface area contributed by atoms with Crippen molar-refractivity contribution >= 4 is 28.9 Å². The van der Waals surface area contributed by atoms with E-state index >= 15 is 0 Å². The summed E-state index contributed by atoms with van der Waals surface area (Å²) in [4.78, 5) is 36.7. The number of hydrogen-bond acceptors (Lipinski definition) is 11. The van der Waals surface area contributed by atoms with Crippen molar-refractivity contribution in [1.29, 1.82) is 0 Å². The second-order valence-corrected chi connectivity index (χ2v) is 8.34. The Morgan fingerprint density at radius 3 is 2.67 bits per heavy atom. The molecule has 1 aromatic carbocycles. The number of aliphatic hydroxyl groups is 1. The highest BCUT2D eigenvalue weighted by molar-refractivity contribution is 5.84. The Balaban J connectivity index is 1.43. The molecule has 5 atom stereocenters. The van der Waals surface area contributed by atoms with Gasteiger partial charge in [-0.1, -0.05) is 12.1 Å². The van der Waals surface area contributed by atoms with Crippen LogP contribution in [-0.4, -0.2) is 79.1 Å². The predicted molar refractivity (Wildman–Crippen MR) is 127 cm³/mol. The highest BCUT2D eigenvalue weighted by Gasteiger charge is 2.49. The number of imidazole rings is 1. The number of rotatable bonds is 10. The van der Waals surface area contributed by atoms with Gasteiger partial charge in [0.25, 0.3) is 0 Å². The summed E-state index contributed by atoms with van der Waals surface area (Å²) in [6, 6.07) is 4.82. The van der Waals surface area contributed by atoms with Gasteiger partial charge in [0.05, 0.1) is 25.0 Å². The number of carbonyl (C=O) groups is 2. The zero-order chi connectivity index (χ0) is 25.8. The lowest BCUT2D eigenvalue weighted by Crippen LogP contribution is -2.54. The van der Waals surface area contributed by atoms with Gasteiger partial charge in [0.15, 0.2) is 23.8 Å². The normalized spacial score (nSPS) is 22.4. The van der Waals surface area contributed by atoms with Crippen LogP contribution in [0.1, 0.15) is 18.2 Å². The first kappa shape index (κ1) is 25.2. The Bertz CT molecular complexity index is 1220. The molecule has 0 bridgehead atoms. The van der Waals surface area contributed by atoms with Crippen molar-refractivity contribution in [3.05, 3.63) is 42.5 Å². The van der Waals surface area contributed by atoms with Crippen LogP contribution in [0.15, 0.2) is 36.9 Å². The maximum absolute atomic E-state index is 12.8. The Labute approximate surface area is 205 Å². The lowest BCUT2D eigenvalue weighted by atomic mass is 10.0. The van der Waals surface area contributed by atoms with Gasteiger partial charge in [-0.3, -0.25) is 9.36 Å². The highest BCUT2D eigenvalue weighted by atomic mass is 16.6. The minimum atomic E-state index is -1.54. The fourth-order valence-electron chi connectivity index (χ4n) is 3.94. The van der Waals surface area contributed by atoms with Crippen molar-refractivity contribution < 1.29 is 29.3 Å². The van der Waals surface area contributed by atoms with E-state index in [-0.39, 0.29) is 23.4 Å². The highest BCUT2D eigenvalue weighted by Crippen LogP contribution is 2.32. The smallest absolute Gasteiger partial charge is 0.335 e. The number of amides is 1. The molecule has 14 nitrogen and oxygen atoms in total. The van der Waals surface area contributed by atoms with Crippen molar-refractivity contribution in [2.45, 2.75) is 43.4 Å². The number of nitrogens with one attached hydrogen (secondary N) is 1. The van der Waals surface area contributed by atoms with Crippen LogP contribution < -0.4 is 27.3 Å². The number of carboxylic acids is 1. The Hall–Kier alpha value is -3.85. The van der Waals surface area contributed by atoms with Gasteiger partial charge >= 0.3 is 5.97 Å². The lowest BCUT2D eigenvalue weighted by molar-refractivity contribution is -0.152. The lowest BCUT2D eigenvalue weighted by Gasteiger charge is -2.22. The third-order valence-electron chi connectivity index (χ3n) is 5.82. The summed E-state index contributed by atoms with van der Waals surface area (Å²) in [7, 11) is 0. The Morgan fingerprint density at radius 2 is 1.97 bits per heavy atom. The molecule has 3 heterocycles. The molecular formula is C22H28N8O6. The molecule has 1 amide bonds. The first-order valence-corrected chi connectivity index (χ1v) is 11.3. The van der Waals surface area contributed by atoms with Crippen LogP contribution in [0, 0.1) is 0 Å². The number of nitrogen functional groups attached to an aromatic ring is 1. The number of anilines is 1. The average Bonchev–Trinajstić information content (AvgIpc) is 3.42. The zero-order valence-corrected chi connectivity index (χ0v) is 19.2. The number of carbonyl (C=O) groups excluding carboxylic acids is 1. The third kappa shape index (κ3) is 5.21. The minimum Gasteiger partial charge on any atom is -0.494 e. The summed E-state index contributed by atoms with van der Waals surface area (Å²) in [5, 5.41) is 23.1. The number of fused-ring (bicyclic) bond motifs is 1. The summed E-state index contributed by atoms with van der Waals surface area (Å²) in [6.45, 7) is 1.04. The fraction of sp³-hybridized carbons (Fsp3) is 0.409. The first-order chi connectivity index (χ1) is 17.3. The molecule has 3 aromatic rings. The van der Waals surface area contributed by atoms with Crippen LogP contribution >= 0.6 is 0 Å². The van der Waals surface area contributed by atoms with Gasteiger partial charge in [-0.2, -0.15) is 0 Å². The van der Waals surface area contributed by atoms with Crippen LogP contribution in [0.25, 0.3) is 11.2 Å². The third-order valence-corrected chi connectivity index (χ3v) is 5.82. The molecule has 4 rings (SSSR count). The van der Waals surface area contributed by atoms with Gasteiger partial charge in [0.2, 0.25) is 5.91 Å². The molecule has 0 saturated carbocycles. The van der Waals surface area contributed by atoms with Crippen LogP contribution in [0.2, 0.25) is 0 Å². The summed E-state index contributed by atoms with van der Waals surface area (Å²) in [5.74, 6) is -1.21. The van der Waals surface area contributed by atoms with E-state index in [1.165, 1.54) is 17.2 Å². The molecule has 1 aliphatic heterocycles. The van der Waals surface area contributed by atoms with Gasteiger partial charge in [0.1, 0.15) is 23.7 Å². The fourth-order valence-corrected chi connectivity index (χ4v) is 3.94. The van der Waals surface area contributed by atoms with E-state index in [1.54, 1.807) is 24.3 Å². The molecule has 36 heavy (non-hydrogen) atoms. The molecule has 0 unspecified atom stereocenters. The van der Waals surface area contributed by atoms with E-state index in [0.29, 0.717) is 18.9 Å². The zero-order valence-electron chi connectivity index (χ0n) is 19.2. The van der Waals surface area contributed by atoms with E-state index in [4.69, 9.17) is 26.7 Å². The number of ether oxygens (including phenoxy) is 2. The maximum atomic E-state index is 12.8. The molecule has 1 fully saturated rings. The molecule has 0 spiro atoms. The van der Waals surface area contributed by atoms with Crippen molar-refractivity contribution in [3.63, 3.8) is 0 Å². The molecule has 1 saturated heterocycles. The van der Waals surface area contributed by atoms with E-state index in [9.17, 15) is 19.8 Å². The van der Waals surface area contributed by atoms with Crippen LogP contribution in [0.4, 0.5) is 5.82 Å². The van der Waals surface area contributed by atoms with Gasteiger partial charge in [-0.05, 0) is 37.1 Å². The summed E-state index contributed by atoms with van der Waals surface area (Å²) in [6.07, 6.45) is -0.740. The number of aromatic nitrogens is 4. The van der Waals surface area contributed by atoms with Crippen molar-refractivity contribution in [2.75, 3.05) is 18.9 Å². The minimum absolute atomic E-state index is 0.118. The number of aliphatic hydroxyl groups excluding tert-OH is 1. The predicted octanol–water partition coefficient (Wildman–Crippen LogP) is -1.47.